The van der Waals surface area contributed by atoms with Crippen LogP contribution in [0.15, 0.2) is 48.5 Å². The third-order valence-corrected chi connectivity index (χ3v) is 4.61. The molecular weight excluding hydrogens is 408 g/mol. The number of nitrogens with one attached hydrogen (secondary N) is 2. The van der Waals surface area contributed by atoms with Crippen LogP contribution in [0.5, 0.6) is 5.75 Å². The van der Waals surface area contributed by atoms with Crippen LogP contribution in [-0.2, 0) is 15.1 Å². The van der Waals surface area contributed by atoms with Gasteiger partial charge in [0.05, 0.1) is 0 Å². The van der Waals surface area contributed by atoms with Crippen LogP contribution in [0.2, 0.25) is 5.02 Å². The number of amides is 4. The molecule has 1 heterocycles. The van der Waals surface area contributed by atoms with Crippen LogP contribution in [0.25, 0.3) is 0 Å². The molecule has 4 amide bonds. The smallest absolute Gasteiger partial charge is 0.387 e. The van der Waals surface area contributed by atoms with Gasteiger partial charge in [-0.3, -0.25) is 14.5 Å². The molecule has 0 unspecified atom stereocenters. The van der Waals surface area contributed by atoms with E-state index >= 15 is 0 Å². The zero-order chi connectivity index (χ0) is 21.2. The van der Waals surface area contributed by atoms with Gasteiger partial charge in [-0.1, -0.05) is 23.7 Å². The maximum Gasteiger partial charge on any atom is 0.387 e. The highest BCUT2D eigenvalue weighted by Gasteiger charge is 2.49. The van der Waals surface area contributed by atoms with Gasteiger partial charge in [0, 0.05) is 10.7 Å². The van der Waals surface area contributed by atoms with Gasteiger partial charge in [-0.05, 0) is 48.9 Å². The normalized spacial score (nSPS) is 18.7. The Morgan fingerprint density at radius 2 is 1.79 bits per heavy atom. The first-order valence-electron chi connectivity index (χ1n) is 8.44. The predicted molar refractivity (Wildman–Crippen MR) is 101 cm³/mol. The van der Waals surface area contributed by atoms with E-state index in [1.165, 1.54) is 31.2 Å². The quantitative estimate of drug-likeness (QED) is 0.697. The molecule has 2 aromatic carbocycles. The minimum absolute atomic E-state index is 0.0640. The minimum atomic E-state index is -2.95. The number of imide groups is 1. The molecule has 152 valence electrons. The third-order valence-electron chi connectivity index (χ3n) is 4.36. The summed E-state index contributed by atoms with van der Waals surface area (Å²) in [5, 5.41) is 5.56. The number of alkyl halides is 2. The van der Waals surface area contributed by atoms with Gasteiger partial charge in [0.2, 0.25) is 5.91 Å². The van der Waals surface area contributed by atoms with E-state index in [4.69, 9.17) is 11.6 Å². The van der Waals surface area contributed by atoms with Crippen LogP contribution in [-0.4, -0.2) is 35.9 Å². The summed E-state index contributed by atoms with van der Waals surface area (Å²) >= 11 is 5.86. The SMILES string of the molecule is C[C@]1(c2ccc(Cl)cc2)NC(=O)N(CC(=O)Nc2ccc(OC(F)F)cc2)C1=O. The van der Waals surface area contributed by atoms with E-state index in [1.54, 1.807) is 24.3 Å². The summed E-state index contributed by atoms with van der Waals surface area (Å²) in [6, 6.07) is 11.0. The number of rotatable bonds is 6. The molecule has 1 aliphatic rings. The van der Waals surface area contributed by atoms with Crippen molar-refractivity contribution in [3.63, 3.8) is 0 Å². The number of anilines is 1. The molecule has 1 saturated heterocycles. The number of hydrogen-bond acceptors (Lipinski definition) is 4. The van der Waals surface area contributed by atoms with E-state index in [0.717, 1.165) is 4.90 Å². The molecule has 29 heavy (non-hydrogen) atoms. The van der Waals surface area contributed by atoms with Gasteiger partial charge in [-0.15, -0.1) is 0 Å². The van der Waals surface area contributed by atoms with Gasteiger partial charge in [0.1, 0.15) is 17.8 Å². The second kappa shape index (κ2) is 8.04. The Hall–Kier alpha value is -3.20. The van der Waals surface area contributed by atoms with E-state index in [9.17, 15) is 23.2 Å². The zero-order valence-electron chi connectivity index (χ0n) is 15.1. The van der Waals surface area contributed by atoms with Gasteiger partial charge in [0.25, 0.3) is 5.91 Å². The lowest BCUT2D eigenvalue weighted by Crippen LogP contribution is -2.42. The molecule has 7 nitrogen and oxygen atoms in total. The lowest BCUT2D eigenvalue weighted by atomic mass is 9.92. The summed E-state index contributed by atoms with van der Waals surface area (Å²) in [6.45, 7) is -1.93. The minimum Gasteiger partial charge on any atom is -0.435 e. The number of halogens is 3. The highest BCUT2D eigenvalue weighted by Crippen LogP contribution is 2.29. The Morgan fingerprint density at radius 3 is 2.38 bits per heavy atom. The molecule has 1 fully saturated rings. The first-order chi connectivity index (χ1) is 13.7. The van der Waals surface area contributed by atoms with Crippen molar-refractivity contribution in [1.29, 1.82) is 0 Å². The number of hydrogen-bond donors (Lipinski definition) is 2. The average molecular weight is 424 g/mol. The topological polar surface area (TPSA) is 87.7 Å². The maximum atomic E-state index is 12.8. The van der Waals surface area contributed by atoms with Crippen LogP contribution in [0.1, 0.15) is 12.5 Å². The highest BCUT2D eigenvalue weighted by atomic mass is 35.5. The standard InChI is InChI=1S/C19H16ClF2N3O4/c1-19(11-2-4-12(20)5-3-11)16(27)25(18(28)24-19)10-15(26)23-13-6-8-14(9-7-13)29-17(21)22/h2-9,17H,10H2,1H3,(H,23,26)(H,24,28)/t19-/m1/s1. The van der Waals surface area contributed by atoms with Crippen LogP contribution >= 0.6 is 11.6 Å². The van der Waals surface area contributed by atoms with Gasteiger partial charge in [-0.25, -0.2) is 4.79 Å². The van der Waals surface area contributed by atoms with Crippen molar-refractivity contribution in [2.24, 2.45) is 0 Å². The third kappa shape index (κ3) is 4.45. The van der Waals surface area contributed by atoms with Gasteiger partial charge >= 0.3 is 12.6 Å². The number of nitrogens with zero attached hydrogens (tertiary/aromatic N) is 1. The Bertz CT molecular complexity index is 937. The molecular formula is C19H16ClF2N3O4. The highest BCUT2D eigenvalue weighted by molar-refractivity contribution is 6.30. The first-order valence-corrected chi connectivity index (χ1v) is 8.82. The molecule has 0 spiro atoms. The maximum absolute atomic E-state index is 12.8. The second-order valence-corrected chi connectivity index (χ2v) is 6.84. The van der Waals surface area contributed by atoms with Crippen molar-refractivity contribution < 1.29 is 27.9 Å². The molecule has 0 aromatic heterocycles. The summed E-state index contributed by atoms with van der Waals surface area (Å²) in [6.07, 6.45) is 0. The lowest BCUT2D eigenvalue weighted by Gasteiger charge is -2.22. The molecule has 1 atom stereocenters. The zero-order valence-corrected chi connectivity index (χ0v) is 15.9. The van der Waals surface area contributed by atoms with Crippen molar-refractivity contribution in [3.05, 3.63) is 59.1 Å². The molecule has 0 radical (unpaired) electrons. The van der Waals surface area contributed by atoms with Gasteiger partial charge < -0.3 is 15.4 Å². The van der Waals surface area contributed by atoms with Crippen molar-refractivity contribution in [3.8, 4) is 5.75 Å². The summed E-state index contributed by atoms with van der Waals surface area (Å²) in [4.78, 5) is 38.1. The fraction of sp³-hybridized carbons (Fsp3) is 0.211. The van der Waals surface area contributed by atoms with Crippen LogP contribution < -0.4 is 15.4 Å². The fourth-order valence-corrected chi connectivity index (χ4v) is 3.01. The molecule has 0 saturated carbocycles. The average Bonchev–Trinajstić information content (AvgIpc) is 2.87. The van der Waals surface area contributed by atoms with Gasteiger partial charge in [-0.2, -0.15) is 8.78 Å². The Labute approximate surface area is 169 Å². The van der Waals surface area contributed by atoms with E-state index in [1.807, 2.05) is 0 Å². The Morgan fingerprint density at radius 1 is 1.17 bits per heavy atom. The second-order valence-electron chi connectivity index (χ2n) is 6.40. The predicted octanol–water partition coefficient (Wildman–Crippen LogP) is 3.35. The summed E-state index contributed by atoms with van der Waals surface area (Å²) in [7, 11) is 0. The molecule has 0 bridgehead atoms. The summed E-state index contributed by atoms with van der Waals surface area (Å²) in [5.74, 6) is -1.28. The number of carbonyl (C=O) groups is 3. The van der Waals surface area contributed by atoms with Crippen molar-refractivity contribution in [1.82, 2.24) is 10.2 Å². The molecule has 2 aromatic rings. The molecule has 3 rings (SSSR count). The largest absolute Gasteiger partial charge is 0.435 e. The van der Waals surface area contributed by atoms with Crippen LogP contribution in [0.3, 0.4) is 0 Å². The molecule has 2 N–H and O–H groups in total. The molecule has 10 heteroatoms. The van der Waals surface area contributed by atoms with E-state index in [0.29, 0.717) is 16.3 Å². The Balaban J connectivity index is 1.66. The number of ether oxygens (including phenoxy) is 1. The number of carbonyl (C=O) groups excluding carboxylic acids is 3. The van der Waals surface area contributed by atoms with Crippen molar-refractivity contribution >= 4 is 35.1 Å². The van der Waals surface area contributed by atoms with Crippen LogP contribution in [0.4, 0.5) is 19.3 Å². The van der Waals surface area contributed by atoms with Crippen molar-refractivity contribution in [2.75, 3.05) is 11.9 Å². The van der Waals surface area contributed by atoms with E-state index in [-0.39, 0.29) is 5.75 Å². The number of urea groups is 1. The fourth-order valence-electron chi connectivity index (χ4n) is 2.88. The summed E-state index contributed by atoms with van der Waals surface area (Å²) < 4.78 is 28.5. The Kier molecular flexibility index (Phi) is 5.69. The monoisotopic (exact) mass is 423 g/mol. The summed E-state index contributed by atoms with van der Waals surface area (Å²) in [5.41, 5.74) is -0.502. The van der Waals surface area contributed by atoms with E-state index < -0.39 is 36.5 Å². The first kappa shape index (κ1) is 20.5. The lowest BCUT2D eigenvalue weighted by molar-refractivity contribution is -0.133. The van der Waals surface area contributed by atoms with E-state index in [2.05, 4.69) is 15.4 Å². The number of benzene rings is 2. The molecule has 1 aliphatic heterocycles. The van der Waals surface area contributed by atoms with Gasteiger partial charge in [0.15, 0.2) is 0 Å². The van der Waals surface area contributed by atoms with Crippen LogP contribution in [0, 0.1) is 0 Å². The van der Waals surface area contributed by atoms with Crippen molar-refractivity contribution in [2.45, 2.75) is 19.1 Å². The molecule has 0 aliphatic carbocycles.